The van der Waals surface area contributed by atoms with Crippen molar-refractivity contribution < 1.29 is 63.3 Å². The molecule has 4 amide bonds. The van der Waals surface area contributed by atoms with Gasteiger partial charge < -0.3 is 53.8 Å². The molecule has 13 N–H and O–H groups in total. The Morgan fingerprint density at radius 2 is 1.28 bits per heavy atom. The van der Waals surface area contributed by atoms with Gasteiger partial charge in [-0.2, -0.15) is 0 Å². The van der Waals surface area contributed by atoms with Crippen LogP contribution in [-0.4, -0.2) is 136 Å². The summed E-state index contributed by atoms with van der Waals surface area (Å²) < 4.78 is 0. The smallest absolute Gasteiger partial charge is 0.304 e. The number of nitrogens with two attached hydrogens (primary N) is 3. The summed E-state index contributed by atoms with van der Waals surface area (Å²) in [6.45, 7) is 12.3. The molecule has 1 aliphatic rings. The van der Waals surface area contributed by atoms with E-state index >= 15 is 0 Å². The highest BCUT2D eigenvalue weighted by Gasteiger charge is 2.37. The number of aliphatic hydroxyl groups excluding tert-OH is 2. The molecule has 0 aromatic rings. The molecule has 0 spiro atoms. The fourth-order valence-electron chi connectivity index (χ4n) is 7.60. The van der Waals surface area contributed by atoms with Gasteiger partial charge in [-0.25, -0.2) is 0 Å². The molecule has 7 atom stereocenters. The number of ketones is 5. The molecule has 0 aliphatic carbocycles. The zero-order chi connectivity index (χ0) is 52.8. The van der Waals surface area contributed by atoms with Crippen LogP contribution >= 0.6 is 0 Å². The summed E-state index contributed by atoms with van der Waals surface area (Å²) in [7, 11) is 0. The first-order valence-corrected chi connectivity index (χ1v) is 23.3. The Bertz CT molecular complexity index is 1930. The summed E-state index contributed by atoms with van der Waals surface area (Å²) in [6, 6.07) is -3.91. The van der Waals surface area contributed by atoms with Crippen molar-refractivity contribution in [2.45, 2.75) is 150 Å². The number of aliphatic carboxylic acids is 1. The number of carbonyl (C=O) groups excluding carboxylic acids is 9. The second kappa shape index (κ2) is 29.3. The standard InChI is InChI=1S/C47H77N9O13/c1-26(2)15-34(56-47(6,7)8)37(61)20-30(24-57)42(67)53-23-32(59)17-27(11-9-14-52-45(49)50)43(68)55-35(25-58)38(62)19-29(21-40(64)65)44(69)54-33(22-39(48)63)36(60)18-28(41(66)46(3,4)5)16-31-12-10-13-51-31/h12-13,26-30,33-35,56-58H,9-11,14-25H2,1-8H3,(H2,48,63)(H,53,67)(H,54,69)(H,55,68)(H,64,65)(H4,49,50,52)/t27-,28-,29+,30+,33-,34-,35-/m0/s1. The van der Waals surface area contributed by atoms with E-state index in [1.165, 1.54) is 0 Å². The Labute approximate surface area is 404 Å². The number of amides is 4. The van der Waals surface area contributed by atoms with Crippen molar-refractivity contribution in [2.24, 2.45) is 62.2 Å². The van der Waals surface area contributed by atoms with Crippen molar-refractivity contribution >= 4 is 70.7 Å². The van der Waals surface area contributed by atoms with Crippen molar-refractivity contribution in [2.75, 3.05) is 26.3 Å². The molecule has 0 saturated carbocycles. The fraction of sp³-hybridized carbons (Fsp3) is 0.702. The number of nitrogens with zero attached hydrogens (tertiary/aromatic N) is 2. The highest BCUT2D eigenvalue weighted by molar-refractivity contribution is 5.99. The SMILES string of the molecule is CC(C)C[C@H](NC(C)(C)C)C(=O)C[C@H](CO)C(=O)NCC(=O)C[C@H](CCCN=C(N)N)C(=O)N[C@@H](CO)C(=O)C[C@H](CC(=O)O)C(=O)N[C@@H](CC(N)=O)C(=O)C[C@H](CC1=CCC=N1)C(=O)C(C)(C)C. The molecule has 0 aromatic carbocycles. The van der Waals surface area contributed by atoms with Crippen LogP contribution in [0.15, 0.2) is 21.8 Å². The van der Waals surface area contributed by atoms with Gasteiger partial charge in [0.25, 0.3) is 0 Å². The summed E-state index contributed by atoms with van der Waals surface area (Å²) in [4.78, 5) is 140. The van der Waals surface area contributed by atoms with Gasteiger partial charge in [0.05, 0.1) is 56.5 Å². The third-order valence-corrected chi connectivity index (χ3v) is 11.0. The second-order valence-corrected chi connectivity index (χ2v) is 20.1. The van der Waals surface area contributed by atoms with Gasteiger partial charge >= 0.3 is 5.97 Å². The van der Waals surface area contributed by atoms with E-state index in [2.05, 4.69) is 31.3 Å². The van der Waals surface area contributed by atoms with Gasteiger partial charge in [0.1, 0.15) is 11.8 Å². The summed E-state index contributed by atoms with van der Waals surface area (Å²) in [5.74, 6) is -13.3. The first-order chi connectivity index (χ1) is 32.0. The van der Waals surface area contributed by atoms with Gasteiger partial charge in [-0.15, -0.1) is 0 Å². The minimum atomic E-state index is -1.72. The number of nitrogens with one attached hydrogen (secondary N) is 4. The van der Waals surface area contributed by atoms with E-state index in [0.717, 1.165) is 0 Å². The van der Waals surface area contributed by atoms with Crippen molar-refractivity contribution in [1.82, 2.24) is 21.3 Å². The van der Waals surface area contributed by atoms with E-state index in [4.69, 9.17) is 17.2 Å². The number of hydrogen-bond acceptors (Lipinski definition) is 15. The van der Waals surface area contributed by atoms with Gasteiger partial charge in [0, 0.05) is 73.4 Å². The number of carboxylic acids is 1. The second-order valence-electron chi connectivity index (χ2n) is 20.1. The van der Waals surface area contributed by atoms with Crippen LogP contribution < -0.4 is 38.5 Å². The maximum atomic E-state index is 13.7. The van der Waals surface area contributed by atoms with Crippen LogP contribution in [0, 0.1) is 35.0 Å². The molecule has 0 bridgehead atoms. The predicted octanol–water partition coefficient (Wildman–Crippen LogP) is -0.0714. The summed E-state index contributed by atoms with van der Waals surface area (Å²) in [5.41, 5.74) is 15.5. The predicted molar refractivity (Wildman–Crippen MR) is 256 cm³/mol. The molecule has 22 heteroatoms. The number of allylic oxidation sites excluding steroid dienone is 2. The van der Waals surface area contributed by atoms with E-state index in [9.17, 15) is 63.3 Å². The molecule has 0 radical (unpaired) electrons. The largest absolute Gasteiger partial charge is 0.481 e. The van der Waals surface area contributed by atoms with Crippen LogP contribution in [0.5, 0.6) is 0 Å². The van der Waals surface area contributed by atoms with Crippen LogP contribution in [0.1, 0.15) is 126 Å². The molecule has 1 aliphatic heterocycles. The Balaban J connectivity index is 3.23. The van der Waals surface area contributed by atoms with Crippen molar-refractivity contribution in [3.05, 3.63) is 11.8 Å². The third-order valence-electron chi connectivity index (χ3n) is 11.0. The normalized spacial score (nSPS) is 15.6. The van der Waals surface area contributed by atoms with Crippen LogP contribution in [-0.2, 0) is 47.9 Å². The molecule has 1 heterocycles. The molecular weight excluding hydrogens is 899 g/mol. The third kappa shape index (κ3) is 24.4. The number of primary amides is 1. The monoisotopic (exact) mass is 976 g/mol. The highest BCUT2D eigenvalue weighted by atomic mass is 16.4. The molecule has 69 heavy (non-hydrogen) atoms. The molecular formula is C47H77N9O13. The lowest BCUT2D eigenvalue weighted by Crippen LogP contribution is -2.50. The van der Waals surface area contributed by atoms with Crippen LogP contribution in [0.3, 0.4) is 0 Å². The molecule has 0 aromatic heterocycles. The minimum absolute atomic E-state index is 0.0350. The van der Waals surface area contributed by atoms with Crippen molar-refractivity contribution in [3.63, 3.8) is 0 Å². The van der Waals surface area contributed by atoms with Gasteiger partial charge in [0.2, 0.25) is 23.6 Å². The minimum Gasteiger partial charge on any atom is -0.481 e. The van der Waals surface area contributed by atoms with Gasteiger partial charge in [-0.05, 0) is 52.4 Å². The number of Topliss-reactive ketones (excluding diaryl/α,β-unsaturated/α-hetero) is 5. The van der Waals surface area contributed by atoms with Crippen LogP contribution in [0.4, 0.5) is 0 Å². The number of aliphatic hydroxyl groups is 2. The van der Waals surface area contributed by atoms with E-state index in [1.807, 2.05) is 34.6 Å². The van der Waals surface area contributed by atoms with Gasteiger partial charge in [0.15, 0.2) is 29.1 Å². The first-order valence-electron chi connectivity index (χ1n) is 23.3. The summed E-state index contributed by atoms with van der Waals surface area (Å²) in [5, 5.41) is 40.3. The van der Waals surface area contributed by atoms with E-state index in [0.29, 0.717) is 18.5 Å². The van der Waals surface area contributed by atoms with Crippen molar-refractivity contribution in [3.8, 4) is 0 Å². The Morgan fingerprint density at radius 3 is 1.78 bits per heavy atom. The van der Waals surface area contributed by atoms with Gasteiger partial charge in [-0.1, -0.05) is 40.7 Å². The van der Waals surface area contributed by atoms with E-state index in [1.54, 1.807) is 33.1 Å². The molecule has 388 valence electrons. The Kier molecular flexibility index (Phi) is 26.0. The van der Waals surface area contributed by atoms with E-state index in [-0.39, 0.29) is 55.7 Å². The molecule has 0 fully saturated rings. The lowest BCUT2D eigenvalue weighted by Gasteiger charge is -2.29. The van der Waals surface area contributed by atoms with E-state index < -0.39 is 152 Å². The Hall–Kier alpha value is -5.74. The van der Waals surface area contributed by atoms with Crippen LogP contribution in [0.2, 0.25) is 0 Å². The zero-order valence-corrected chi connectivity index (χ0v) is 41.4. The quantitative estimate of drug-likeness (QED) is 0.0229. The summed E-state index contributed by atoms with van der Waals surface area (Å²) in [6.07, 6.45) is 0.912. The lowest BCUT2D eigenvalue weighted by molar-refractivity contribution is -0.143. The van der Waals surface area contributed by atoms with Gasteiger partial charge in [-0.3, -0.25) is 57.9 Å². The maximum absolute atomic E-state index is 13.7. The highest BCUT2D eigenvalue weighted by Crippen LogP contribution is 2.29. The average molecular weight is 976 g/mol. The fourth-order valence-corrected chi connectivity index (χ4v) is 7.60. The number of carbonyl (C=O) groups is 10. The zero-order valence-electron chi connectivity index (χ0n) is 41.4. The topological polar surface area (TPSA) is 382 Å². The average Bonchev–Trinajstić information content (AvgIpc) is 3.75. The molecule has 22 nitrogen and oxygen atoms in total. The van der Waals surface area contributed by atoms with Crippen molar-refractivity contribution in [1.29, 1.82) is 0 Å². The molecule has 1 rings (SSSR count). The van der Waals surface area contributed by atoms with Crippen LogP contribution in [0.25, 0.3) is 0 Å². The number of guanidine groups is 1. The Morgan fingerprint density at radius 1 is 0.710 bits per heavy atom. The maximum Gasteiger partial charge on any atom is 0.304 e. The number of carboxylic acid groups (broad SMARTS) is 1. The molecule has 0 unspecified atom stereocenters. The first kappa shape index (κ1) is 61.3. The summed E-state index contributed by atoms with van der Waals surface area (Å²) >= 11 is 0. The lowest BCUT2D eigenvalue weighted by atomic mass is 9.78. The molecule has 0 saturated heterocycles. The number of aliphatic imine (C=N–C) groups is 2. The number of rotatable bonds is 34. The number of hydrogen-bond donors (Lipinski definition) is 10.